The maximum absolute atomic E-state index is 12.9. The van der Waals surface area contributed by atoms with Crippen LogP contribution in [0, 0.1) is 5.92 Å². The van der Waals surface area contributed by atoms with Crippen molar-refractivity contribution in [2.75, 3.05) is 38.3 Å². The summed E-state index contributed by atoms with van der Waals surface area (Å²) in [5.41, 5.74) is -5.34. The van der Waals surface area contributed by atoms with Crippen molar-refractivity contribution in [1.82, 2.24) is 5.32 Å². The predicted octanol–water partition coefficient (Wildman–Crippen LogP) is 1.96. The zero-order chi connectivity index (χ0) is 19.4. The molecule has 0 bridgehead atoms. The molecule has 1 aromatic carbocycles. The van der Waals surface area contributed by atoms with E-state index in [9.17, 15) is 26.4 Å². The number of ether oxygens (including phenoxy) is 1. The third-order valence-electron chi connectivity index (χ3n) is 4.27. The molecule has 1 fully saturated rings. The SMILES string of the molecule is COCCNC(=O)C1CCN(c2ccccc2S(=O)(=O)C(F)(F)F)CC1. The van der Waals surface area contributed by atoms with Crippen LogP contribution in [0.25, 0.3) is 0 Å². The molecule has 10 heteroatoms. The van der Waals surface area contributed by atoms with E-state index in [0.29, 0.717) is 39.1 Å². The first-order valence-corrected chi connectivity index (χ1v) is 9.58. The smallest absolute Gasteiger partial charge is 0.383 e. The summed E-state index contributed by atoms with van der Waals surface area (Å²) in [5, 5.41) is 2.74. The highest BCUT2D eigenvalue weighted by Crippen LogP contribution is 2.37. The molecule has 26 heavy (non-hydrogen) atoms. The van der Waals surface area contributed by atoms with E-state index in [4.69, 9.17) is 4.74 Å². The van der Waals surface area contributed by atoms with Crippen molar-refractivity contribution >= 4 is 21.4 Å². The monoisotopic (exact) mass is 394 g/mol. The van der Waals surface area contributed by atoms with Crippen LogP contribution in [0.2, 0.25) is 0 Å². The Balaban J connectivity index is 2.10. The summed E-state index contributed by atoms with van der Waals surface area (Å²) in [6, 6.07) is 5.08. The summed E-state index contributed by atoms with van der Waals surface area (Å²) in [7, 11) is -3.91. The minimum Gasteiger partial charge on any atom is -0.383 e. The summed E-state index contributed by atoms with van der Waals surface area (Å²) < 4.78 is 67.2. The first kappa shape index (κ1) is 20.5. The Morgan fingerprint density at radius 3 is 2.46 bits per heavy atom. The first-order valence-electron chi connectivity index (χ1n) is 8.10. The first-order chi connectivity index (χ1) is 12.2. The van der Waals surface area contributed by atoms with Crippen molar-refractivity contribution in [3.8, 4) is 0 Å². The number of anilines is 1. The summed E-state index contributed by atoms with van der Waals surface area (Å²) in [5.74, 6) is -0.382. The summed E-state index contributed by atoms with van der Waals surface area (Å²) in [6.07, 6.45) is 0.860. The number of hydrogen-bond donors (Lipinski definition) is 1. The number of benzene rings is 1. The second kappa shape index (κ2) is 8.26. The van der Waals surface area contributed by atoms with Gasteiger partial charge in [-0.1, -0.05) is 12.1 Å². The average Bonchev–Trinajstić information content (AvgIpc) is 2.61. The molecule has 0 aliphatic carbocycles. The molecular formula is C16H21F3N2O4S. The van der Waals surface area contributed by atoms with Gasteiger partial charge in [-0.05, 0) is 25.0 Å². The van der Waals surface area contributed by atoms with E-state index in [1.807, 2.05) is 0 Å². The molecule has 1 saturated heterocycles. The van der Waals surface area contributed by atoms with Gasteiger partial charge in [0.2, 0.25) is 5.91 Å². The highest BCUT2D eigenvalue weighted by atomic mass is 32.2. The fraction of sp³-hybridized carbons (Fsp3) is 0.562. The molecular weight excluding hydrogens is 373 g/mol. The van der Waals surface area contributed by atoms with Crippen LogP contribution in [0.15, 0.2) is 29.2 Å². The van der Waals surface area contributed by atoms with E-state index in [1.165, 1.54) is 25.3 Å². The Labute approximate surface area is 150 Å². The lowest BCUT2D eigenvalue weighted by Gasteiger charge is -2.34. The quantitative estimate of drug-likeness (QED) is 0.747. The fourth-order valence-corrected chi connectivity index (χ4v) is 3.85. The highest BCUT2D eigenvalue weighted by molar-refractivity contribution is 7.92. The molecule has 146 valence electrons. The topological polar surface area (TPSA) is 75.7 Å². The Kier molecular flexibility index (Phi) is 6.51. The van der Waals surface area contributed by atoms with Gasteiger partial charge in [-0.15, -0.1) is 0 Å². The van der Waals surface area contributed by atoms with E-state index in [0.717, 1.165) is 6.07 Å². The maximum Gasteiger partial charge on any atom is 0.501 e. The molecule has 1 amide bonds. The van der Waals surface area contributed by atoms with Crippen molar-refractivity contribution in [3.05, 3.63) is 24.3 Å². The van der Waals surface area contributed by atoms with Crippen LogP contribution in [-0.2, 0) is 19.4 Å². The number of nitrogens with one attached hydrogen (secondary N) is 1. The van der Waals surface area contributed by atoms with Crippen molar-refractivity contribution < 1.29 is 31.1 Å². The lowest BCUT2D eigenvalue weighted by atomic mass is 9.95. The minimum absolute atomic E-state index is 0.0167. The van der Waals surface area contributed by atoms with Crippen LogP contribution in [0.4, 0.5) is 18.9 Å². The lowest BCUT2D eigenvalue weighted by molar-refractivity contribution is -0.125. The van der Waals surface area contributed by atoms with E-state index in [1.54, 1.807) is 4.90 Å². The number of carbonyl (C=O) groups excluding carboxylic acids is 1. The van der Waals surface area contributed by atoms with Crippen LogP contribution in [0.3, 0.4) is 0 Å². The number of halogens is 3. The zero-order valence-electron chi connectivity index (χ0n) is 14.3. The predicted molar refractivity (Wildman–Crippen MR) is 89.5 cm³/mol. The second-order valence-corrected chi connectivity index (χ2v) is 7.87. The molecule has 0 saturated carbocycles. The van der Waals surface area contributed by atoms with Gasteiger partial charge in [0, 0.05) is 32.7 Å². The number of amides is 1. The van der Waals surface area contributed by atoms with Gasteiger partial charge in [-0.2, -0.15) is 13.2 Å². The Hall–Kier alpha value is -1.81. The van der Waals surface area contributed by atoms with Gasteiger partial charge in [-0.25, -0.2) is 8.42 Å². The average molecular weight is 394 g/mol. The molecule has 0 atom stereocenters. The van der Waals surface area contributed by atoms with Gasteiger partial charge < -0.3 is 15.0 Å². The van der Waals surface area contributed by atoms with E-state index in [2.05, 4.69) is 5.32 Å². The maximum atomic E-state index is 12.9. The Morgan fingerprint density at radius 2 is 1.88 bits per heavy atom. The van der Waals surface area contributed by atoms with Crippen molar-refractivity contribution in [1.29, 1.82) is 0 Å². The van der Waals surface area contributed by atoms with Crippen LogP contribution >= 0.6 is 0 Å². The lowest BCUT2D eigenvalue weighted by Crippen LogP contribution is -2.41. The molecule has 1 aliphatic heterocycles. The number of methoxy groups -OCH3 is 1. The number of rotatable bonds is 6. The van der Waals surface area contributed by atoms with Gasteiger partial charge in [0.15, 0.2) is 0 Å². The number of piperidine rings is 1. The van der Waals surface area contributed by atoms with Crippen LogP contribution in [0.1, 0.15) is 12.8 Å². The van der Waals surface area contributed by atoms with Crippen molar-refractivity contribution in [3.63, 3.8) is 0 Å². The van der Waals surface area contributed by atoms with Crippen molar-refractivity contribution in [2.24, 2.45) is 5.92 Å². The summed E-state index contributed by atoms with van der Waals surface area (Å²) in [4.78, 5) is 12.9. The van der Waals surface area contributed by atoms with Gasteiger partial charge in [0.1, 0.15) is 0 Å². The molecule has 2 rings (SSSR count). The van der Waals surface area contributed by atoms with Gasteiger partial charge in [0.25, 0.3) is 9.84 Å². The van der Waals surface area contributed by atoms with E-state index >= 15 is 0 Å². The molecule has 1 aromatic rings. The molecule has 1 aliphatic rings. The van der Waals surface area contributed by atoms with E-state index < -0.39 is 20.2 Å². The molecule has 0 spiro atoms. The summed E-state index contributed by atoms with van der Waals surface area (Å²) in [6.45, 7) is 1.38. The van der Waals surface area contributed by atoms with Crippen molar-refractivity contribution in [2.45, 2.75) is 23.2 Å². The third-order valence-corrected chi connectivity index (χ3v) is 5.81. The zero-order valence-corrected chi connectivity index (χ0v) is 15.1. The molecule has 0 aromatic heterocycles. The van der Waals surface area contributed by atoms with Gasteiger partial charge in [0.05, 0.1) is 17.2 Å². The highest BCUT2D eigenvalue weighted by Gasteiger charge is 2.48. The number of sulfone groups is 1. The van der Waals surface area contributed by atoms with Crippen LogP contribution in [0.5, 0.6) is 0 Å². The van der Waals surface area contributed by atoms with Gasteiger partial charge in [-0.3, -0.25) is 4.79 Å². The number of hydrogen-bond acceptors (Lipinski definition) is 5. The number of carbonyl (C=O) groups is 1. The molecule has 1 N–H and O–H groups in total. The number of nitrogens with zero attached hydrogens (tertiary/aromatic N) is 1. The molecule has 1 heterocycles. The fourth-order valence-electron chi connectivity index (χ4n) is 2.87. The largest absolute Gasteiger partial charge is 0.501 e. The van der Waals surface area contributed by atoms with Crippen LogP contribution in [-0.4, -0.2) is 53.2 Å². The third kappa shape index (κ3) is 4.47. The molecule has 0 unspecified atom stereocenters. The Morgan fingerprint density at radius 1 is 1.27 bits per heavy atom. The number of para-hydroxylation sites is 1. The number of alkyl halides is 3. The minimum atomic E-state index is -5.44. The molecule has 0 radical (unpaired) electrons. The molecule has 6 nitrogen and oxygen atoms in total. The standard InChI is InChI=1S/C16H21F3N2O4S/c1-25-11-8-20-15(22)12-6-9-21(10-7-12)13-4-2-3-5-14(13)26(23,24)16(17,18)19/h2-5,12H,6-11H2,1H3,(H,20,22). The summed E-state index contributed by atoms with van der Waals surface area (Å²) >= 11 is 0. The van der Waals surface area contributed by atoms with E-state index in [-0.39, 0.29) is 17.5 Å². The Bertz CT molecular complexity index is 729. The second-order valence-electron chi connectivity index (χ2n) is 5.96. The van der Waals surface area contributed by atoms with Gasteiger partial charge >= 0.3 is 5.51 Å². The van der Waals surface area contributed by atoms with Crippen LogP contribution < -0.4 is 10.2 Å². The normalized spacial score (nSPS) is 16.5.